The zero-order chi connectivity index (χ0) is 8.55. The van der Waals surface area contributed by atoms with Crippen LogP contribution in [0.1, 0.15) is 32.6 Å². The van der Waals surface area contributed by atoms with Crippen molar-refractivity contribution in [1.82, 2.24) is 0 Å². The van der Waals surface area contributed by atoms with E-state index in [1.165, 1.54) is 0 Å². The first-order chi connectivity index (χ1) is 5.79. The van der Waals surface area contributed by atoms with Crippen LogP contribution in [0.5, 0.6) is 0 Å². The van der Waals surface area contributed by atoms with Crippen LogP contribution in [0.3, 0.4) is 0 Å². The summed E-state index contributed by atoms with van der Waals surface area (Å²) in [6.07, 6.45) is 4.37. The Kier molecular flexibility index (Phi) is 2.18. The Morgan fingerprint density at radius 3 is 2.42 bits per heavy atom. The number of fused-ring (bicyclic) bond motifs is 1. The summed E-state index contributed by atoms with van der Waals surface area (Å²) in [5.74, 6) is 1.79. The first-order valence-electron chi connectivity index (χ1n) is 4.93. The van der Waals surface area contributed by atoms with Gasteiger partial charge < -0.3 is 4.74 Å². The van der Waals surface area contributed by atoms with Crippen LogP contribution in [0.25, 0.3) is 0 Å². The monoisotopic (exact) mass is 168 g/mol. The van der Waals surface area contributed by atoms with Crippen LogP contribution in [0.4, 0.5) is 0 Å². The number of rotatable bonds is 2. The molecule has 0 bridgehead atoms. The average molecular weight is 168 g/mol. The Labute approximate surface area is 73.3 Å². The van der Waals surface area contributed by atoms with Gasteiger partial charge in [0.25, 0.3) is 0 Å². The number of ketones is 1. The van der Waals surface area contributed by atoms with Gasteiger partial charge in [0.2, 0.25) is 0 Å². The lowest BCUT2D eigenvalue weighted by Crippen LogP contribution is -2.09. The van der Waals surface area contributed by atoms with E-state index in [2.05, 4.69) is 0 Å². The Morgan fingerprint density at radius 2 is 1.92 bits per heavy atom. The van der Waals surface area contributed by atoms with E-state index in [-0.39, 0.29) is 0 Å². The maximum Gasteiger partial charge on any atom is 0.133 e. The third kappa shape index (κ3) is 1.40. The molecule has 0 N–H and O–H groups in total. The van der Waals surface area contributed by atoms with Crippen LogP contribution in [0.15, 0.2) is 0 Å². The number of hydrogen-bond acceptors (Lipinski definition) is 2. The highest BCUT2D eigenvalue weighted by Gasteiger charge is 2.41. The second-order valence-electron chi connectivity index (χ2n) is 4.02. The standard InChI is InChI=1S/C10H16O2/c1-2-12-10-5-7-3-9(11)4-8(7)6-10/h7-8,10H,2-6H2,1H3. The highest BCUT2D eigenvalue weighted by molar-refractivity contribution is 5.81. The second-order valence-corrected chi connectivity index (χ2v) is 4.02. The van der Waals surface area contributed by atoms with Gasteiger partial charge in [-0.1, -0.05) is 0 Å². The van der Waals surface area contributed by atoms with E-state index in [0.29, 0.717) is 23.7 Å². The second kappa shape index (κ2) is 3.17. The summed E-state index contributed by atoms with van der Waals surface area (Å²) in [5.41, 5.74) is 0. The van der Waals surface area contributed by atoms with Crippen molar-refractivity contribution in [3.8, 4) is 0 Å². The van der Waals surface area contributed by atoms with Gasteiger partial charge in [-0.25, -0.2) is 0 Å². The van der Waals surface area contributed by atoms with Crippen molar-refractivity contribution in [3.63, 3.8) is 0 Å². The highest BCUT2D eigenvalue weighted by atomic mass is 16.5. The van der Waals surface area contributed by atoms with Crippen LogP contribution in [0, 0.1) is 11.8 Å². The summed E-state index contributed by atoms with van der Waals surface area (Å²) in [4.78, 5) is 11.1. The Balaban J connectivity index is 1.89. The summed E-state index contributed by atoms with van der Waals surface area (Å²) in [7, 11) is 0. The van der Waals surface area contributed by atoms with E-state index in [9.17, 15) is 4.79 Å². The smallest absolute Gasteiger partial charge is 0.133 e. The fourth-order valence-electron chi connectivity index (χ4n) is 2.70. The molecule has 2 heteroatoms. The molecule has 0 aliphatic heterocycles. The zero-order valence-corrected chi connectivity index (χ0v) is 7.58. The van der Waals surface area contributed by atoms with E-state index in [1.54, 1.807) is 0 Å². The topological polar surface area (TPSA) is 26.3 Å². The molecule has 2 saturated carbocycles. The van der Waals surface area contributed by atoms with Crippen molar-refractivity contribution in [3.05, 3.63) is 0 Å². The summed E-state index contributed by atoms with van der Waals surface area (Å²) < 4.78 is 5.56. The van der Waals surface area contributed by atoms with Crippen molar-refractivity contribution >= 4 is 5.78 Å². The molecule has 12 heavy (non-hydrogen) atoms. The van der Waals surface area contributed by atoms with Crippen molar-refractivity contribution in [2.45, 2.75) is 38.7 Å². The van der Waals surface area contributed by atoms with Gasteiger partial charge in [0.1, 0.15) is 5.78 Å². The molecule has 2 aliphatic rings. The van der Waals surface area contributed by atoms with E-state index in [1.807, 2.05) is 6.92 Å². The third-order valence-corrected chi connectivity index (χ3v) is 3.18. The molecule has 2 fully saturated rings. The van der Waals surface area contributed by atoms with Gasteiger partial charge in [0.05, 0.1) is 6.10 Å². The van der Waals surface area contributed by atoms with Gasteiger partial charge in [-0.15, -0.1) is 0 Å². The van der Waals surface area contributed by atoms with Crippen LogP contribution in [0.2, 0.25) is 0 Å². The Bertz CT molecular complexity index is 172. The maximum atomic E-state index is 11.1. The van der Waals surface area contributed by atoms with E-state index in [4.69, 9.17) is 4.74 Å². The number of carbonyl (C=O) groups is 1. The maximum absolute atomic E-state index is 11.1. The molecule has 0 aromatic carbocycles. The molecular formula is C10H16O2. The molecule has 0 radical (unpaired) electrons. The molecule has 68 valence electrons. The molecule has 0 spiro atoms. The zero-order valence-electron chi connectivity index (χ0n) is 7.58. The van der Waals surface area contributed by atoms with Crippen molar-refractivity contribution in [1.29, 1.82) is 0 Å². The van der Waals surface area contributed by atoms with Crippen molar-refractivity contribution < 1.29 is 9.53 Å². The van der Waals surface area contributed by atoms with Gasteiger partial charge in [-0.3, -0.25) is 4.79 Å². The van der Waals surface area contributed by atoms with E-state index in [0.717, 1.165) is 32.3 Å². The number of carbonyl (C=O) groups excluding carboxylic acids is 1. The molecule has 0 saturated heterocycles. The lowest BCUT2D eigenvalue weighted by atomic mass is 10.0. The van der Waals surface area contributed by atoms with Gasteiger partial charge in [-0.2, -0.15) is 0 Å². The first kappa shape index (κ1) is 8.24. The minimum Gasteiger partial charge on any atom is -0.378 e. The van der Waals surface area contributed by atoms with Crippen LogP contribution in [-0.4, -0.2) is 18.5 Å². The quantitative estimate of drug-likeness (QED) is 0.628. The van der Waals surface area contributed by atoms with Crippen LogP contribution in [-0.2, 0) is 9.53 Å². The Morgan fingerprint density at radius 1 is 1.33 bits per heavy atom. The number of Topliss-reactive ketones (excluding diaryl/α,β-unsaturated/α-hetero) is 1. The molecule has 2 rings (SSSR count). The van der Waals surface area contributed by atoms with Crippen LogP contribution >= 0.6 is 0 Å². The predicted octanol–water partition coefficient (Wildman–Crippen LogP) is 1.78. The van der Waals surface area contributed by atoms with Gasteiger partial charge in [0.15, 0.2) is 0 Å². The molecule has 2 unspecified atom stereocenters. The van der Waals surface area contributed by atoms with Crippen molar-refractivity contribution in [2.75, 3.05) is 6.61 Å². The Hall–Kier alpha value is -0.370. The number of ether oxygens (including phenoxy) is 1. The molecular weight excluding hydrogens is 152 g/mol. The molecule has 2 nitrogen and oxygen atoms in total. The number of hydrogen-bond donors (Lipinski definition) is 0. The SMILES string of the molecule is CCOC1CC2CC(=O)CC2C1. The lowest BCUT2D eigenvalue weighted by molar-refractivity contribution is -0.118. The molecule has 2 aliphatic carbocycles. The fraction of sp³-hybridized carbons (Fsp3) is 0.900. The molecule has 0 heterocycles. The van der Waals surface area contributed by atoms with E-state index < -0.39 is 0 Å². The highest BCUT2D eigenvalue weighted by Crippen LogP contribution is 2.43. The van der Waals surface area contributed by atoms with Crippen LogP contribution < -0.4 is 0 Å². The largest absolute Gasteiger partial charge is 0.378 e. The summed E-state index contributed by atoms with van der Waals surface area (Å²) in [5, 5.41) is 0. The minimum atomic E-state index is 0.457. The average Bonchev–Trinajstić information content (AvgIpc) is 2.44. The fourth-order valence-corrected chi connectivity index (χ4v) is 2.70. The van der Waals surface area contributed by atoms with Gasteiger partial charge >= 0.3 is 0 Å². The molecule has 0 aromatic rings. The van der Waals surface area contributed by atoms with Gasteiger partial charge in [0, 0.05) is 19.4 Å². The summed E-state index contributed by atoms with van der Waals surface area (Å²) in [6, 6.07) is 0. The normalized spacial score (nSPS) is 40.4. The van der Waals surface area contributed by atoms with Crippen molar-refractivity contribution in [2.24, 2.45) is 11.8 Å². The summed E-state index contributed by atoms with van der Waals surface area (Å²) in [6.45, 7) is 2.86. The lowest BCUT2D eigenvalue weighted by Gasteiger charge is -2.09. The molecule has 0 aromatic heterocycles. The molecule has 0 amide bonds. The minimum absolute atomic E-state index is 0.457. The van der Waals surface area contributed by atoms with E-state index >= 15 is 0 Å². The summed E-state index contributed by atoms with van der Waals surface area (Å²) >= 11 is 0. The first-order valence-corrected chi connectivity index (χ1v) is 4.93. The third-order valence-electron chi connectivity index (χ3n) is 3.18. The predicted molar refractivity (Wildman–Crippen MR) is 45.9 cm³/mol. The molecule has 2 atom stereocenters. The van der Waals surface area contributed by atoms with Gasteiger partial charge in [-0.05, 0) is 31.6 Å².